The van der Waals surface area contributed by atoms with Crippen LogP contribution in [0.4, 0.5) is 18.9 Å². The molecule has 7 heteroatoms. The van der Waals surface area contributed by atoms with E-state index in [9.17, 15) is 18.0 Å². The third-order valence-corrected chi connectivity index (χ3v) is 4.40. The van der Waals surface area contributed by atoms with E-state index >= 15 is 0 Å². The maximum atomic E-state index is 13.5. The lowest BCUT2D eigenvalue weighted by Crippen LogP contribution is -2.18. The van der Waals surface area contributed by atoms with Crippen LogP contribution < -0.4 is 5.32 Å². The summed E-state index contributed by atoms with van der Waals surface area (Å²) in [7, 11) is 0. The smallest absolute Gasteiger partial charge is 0.374 e. The van der Waals surface area contributed by atoms with E-state index in [-0.39, 0.29) is 11.3 Å². The molecular weight excluding hydrogens is 367 g/mol. The first-order chi connectivity index (χ1) is 13.4. The summed E-state index contributed by atoms with van der Waals surface area (Å²) in [4.78, 5) is 12.2. The van der Waals surface area contributed by atoms with Crippen LogP contribution in [-0.4, -0.2) is 16.0 Å². The van der Waals surface area contributed by atoms with Gasteiger partial charge >= 0.3 is 6.18 Å². The van der Waals surface area contributed by atoms with E-state index in [0.29, 0.717) is 23.2 Å². The summed E-state index contributed by atoms with van der Waals surface area (Å²) in [5.41, 5.74) is 1.02. The van der Waals surface area contributed by atoms with Gasteiger partial charge in [-0.2, -0.15) is 18.3 Å². The van der Waals surface area contributed by atoms with Crippen LogP contribution in [0, 0.1) is 0 Å². The molecule has 3 rings (SSSR count). The number of alkyl halides is 3. The first kappa shape index (κ1) is 19.7. The molecule has 4 nitrogen and oxygen atoms in total. The van der Waals surface area contributed by atoms with E-state index in [0.717, 1.165) is 12.5 Å². The highest BCUT2D eigenvalue weighted by Gasteiger charge is 2.35. The van der Waals surface area contributed by atoms with Gasteiger partial charge in [-0.05, 0) is 30.2 Å². The number of rotatable bonds is 7. The first-order valence-corrected chi connectivity index (χ1v) is 8.94. The molecule has 0 aliphatic rings. The van der Waals surface area contributed by atoms with Crippen molar-refractivity contribution in [1.29, 1.82) is 0 Å². The van der Waals surface area contributed by atoms with Gasteiger partial charge in [0.05, 0.1) is 17.8 Å². The number of nitrogens with zero attached hydrogens (tertiary/aromatic N) is 1. The largest absolute Gasteiger partial charge is 0.416 e. The Morgan fingerprint density at radius 3 is 2.64 bits per heavy atom. The molecule has 1 aromatic heterocycles. The number of carbonyl (C=O) groups is 1. The maximum absolute atomic E-state index is 13.5. The lowest BCUT2D eigenvalue weighted by atomic mass is 9.95. The Labute approximate surface area is 160 Å². The summed E-state index contributed by atoms with van der Waals surface area (Å²) in [6.45, 7) is 1.92. The van der Waals surface area contributed by atoms with Gasteiger partial charge in [0.25, 0.3) is 0 Å². The minimum Gasteiger partial charge on any atom is -0.374 e. The number of benzene rings is 2. The van der Waals surface area contributed by atoms with Gasteiger partial charge in [-0.3, -0.25) is 9.89 Å². The van der Waals surface area contributed by atoms with Crippen molar-refractivity contribution in [2.45, 2.75) is 32.0 Å². The SMILES string of the molecule is CCCC(=O)c1cccc(NC(c2cn[nH]c2)c2ccccc2C(F)(F)F)c1. The van der Waals surface area contributed by atoms with Crippen molar-refractivity contribution in [2.24, 2.45) is 0 Å². The van der Waals surface area contributed by atoms with Crippen molar-refractivity contribution in [1.82, 2.24) is 10.2 Å². The molecule has 0 aliphatic heterocycles. The van der Waals surface area contributed by atoms with Gasteiger partial charge in [0, 0.05) is 29.4 Å². The van der Waals surface area contributed by atoms with E-state index in [2.05, 4.69) is 15.5 Å². The highest BCUT2D eigenvalue weighted by molar-refractivity contribution is 5.96. The van der Waals surface area contributed by atoms with E-state index in [1.807, 2.05) is 6.92 Å². The van der Waals surface area contributed by atoms with Crippen LogP contribution in [0.25, 0.3) is 0 Å². The molecule has 1 heterocycles. The van der Waals surface area contributed by atoms with Gasteiger partial charge < -0.3 is 5.32 Å². The second-order valence-corrected chi connectivity index (χ2v) is 6.45. The number of Topliss-reactive ketones (excluding diaryl/α,β-unsaturated/α-hetero) is 1. The maximum Gasteiger partial charge on any atom is 0.416 e. The van der Waals surface area contributed by atoms with Crippen molar-refractivity contribution in [3.8, 4) is 0 Å². The summed E-state index contributed by atoms with van der Waals surface area (Å²) >= 11 is 0. The summed E-state index contributed by atoms with van der Waals surface area (Å²) < 4.78 is 40.6. The van der Waals surface area contributed by atoms with Crippen LogP contribution in [0.1, 0.15) is 52.9 Å². The van der Waals surface area contributed by atoms with Crippen LogP contribution in [0.5, 0.6) is 0 Å². The van der Waals surface area contributed by atoms with E-state index in [1.165, 1.54) is 18.3 Å². The molecule has 2 aromatic carbocycles. The topological polar surface area (TPSA) is 57.8 Å². The molecule has 0 bridgehead atoms. The van der Waals surface area contributed by atoms with Crippen LogP contribution in [0.15, 0.2) is 60.9 Å². The number of aromatic amines is 1. The zero-order chi connectivity index (χ0) is 20.1. The number of aromatic nitrogens is 2. The van der Waals surface area contributed by atoms with E-state index < -0.39 is 17.8 Å². The molecule has 1 unspecified atom stereocenters. The molecule has 1 atom stereocenters. The van der Waals surface area contributed by atoms with Crippen molar-refractivity contribution in [2.75, 3.05) is 5.32 Å². The Hall–Kier alpha value is -3.09. The fourth-order valence-corrected chi connectivity index (χ4v) is 3.09. The molecule has 3 aromatic rings. The van der Waals surface area contributed by atoms with Crippen molar-refractivity contribution >= 4 is 11.5 Å². The zero-order valence-corrected chi connectivity index (χ0v) is 15.3. The third kappa shape index (κ3) is 4.42. The number of halogens is 3. The van der Waals surface area contributed by atoms with Crippen molar-refractivity contribution in [3.63, 3.8) is 0 Å². The van der Waals surface area contributed by atoms with Gasteiger partial charge in [-0.25, -0.2) is 0 Å². The lowest BCUT2D eigenvalue weighted by Gasteiger charge is -2.23. The number of hydrogen-bond donors (Lipinski definition) is 2. The number of carbonyl (C=O) groups excluding carboxylic acids is 1. The summed E-state index contributed by atoms with van der Waals surface area (Å²) in [6.07, 6.45) is -0.300. The number of ketones is 1. The van der Waals surface area contributed by atoms with Crippen LogP contribution in [0.2, 0.25) is 0 Å². The molecule has 28 heavy (non-hydrogen) atoms. The highest BCUT2D eigenvalue weighted by atomic mass is 19.4. The van der Waals surface area contributed by atoms with Gasteiger partial charge in [-0.1, -0.05) is 37.3 Å². The molecule has 0 aliphatic carbocycles. The Morgan fingerprint density at radius 2 is 1.96 bits per heavy atom. The van der Waals surface area contributed by atoms with Crippen LogP contribution in [-0.2, 0) is 6.18 Å². The third-order valence-electron chi connectivity index (χ3n) is 4.40. The molecule has 0 saturated carbocycles. The first-order valence-electron chi connectivity index (χ1n) is 8.94. The normalized spacial score (nSPS) is 12.6. The van der Waals surface area contributed by atoms with E-state index in [4.69, 9.17) is 0 Å². The van der Waals surface area contributed by atoms with Crippen molar-refractivity contribution in [3.05, 3.63) is 83.2 Å². The molecule has 0 spiro atoms. The summed E-state index contributed by atoms with van der Waals surface area (Å²) in [5.74, 6) is 0.00158. The van der Waals surface area contributed by atoms with Gasteiger partial charge in [0.2, 0.25) is 0 Å². The monoisotopic (exact) mass is 387 g/mol. The fourth-order valence-electron chi connectivity index (χ4n) is 3.09. The predicted octanol–water partition coefficient (Wildman–Crippen LogP) is 5.61. The second kappa shape index (κ2) is 8.29. The molecule has 146 valence electrons. The standard InChI is InChI=1S/C21H20F3N3O/c1-2-6-19(28)14-7-5-8-16(11-14)27-20(15-12-25-26-13-15)17-9-3-4-10-18(17)21(22,23)24/h3-5,7-13,20,27H,2,6H2,1H3,(H,25,26). The number of nitrogens with one attached hydrogen (secondary N) is 2. The quantitative estimate of drug-likeness (QED) is 0.518. The zero-order valence-electron chi connectivity index (χ0n) is 15.3. The molecule has 2 N–H and O–H groups in total. The van der Waals surface area contributed by atoms with Crippen LogP contribution >= 0.6 is 0 Å². The Morgan fingerprint density at radius 1 is 1.18 bits per heavy atom. The predicted molar refractivity (Wildman–Crippen MR) is 101 cm³/mol. The molecular formula is C21H20F3N3O. The Balaban J connectivity index is 2.01. The average molecular weight is 387 g/mol. The van der Waals surface area contributed by atoms with Gasteiger partial charge in [-0.15, -0.1) is 0 Å². The summed E-state index contributed by atoms with van der Waals surface area (Å²) in [6, 6.07) is 11.5. The van der Waals surface area contributed by atoms with Gasteiger partial charge in [0.15, 0.2) is 5.78 Å². The molecule has 0 saturated heterocycles. The van der Waals surface area contributed by atoms with E-state index in [1.54, 1.807) is 36.5 Å². The van der Waals surface area contributed by atoms with Gasteiger partial charge in [0.1, 0.15) is 0 Å². The highest BCUT2D eigenvalue weighted by Crippen LogP contribution is 2.37. The molecule has 0 amide bonds. The molecule has 0 fully saturated rings. The fraction of sp³-hybridized carbons (Fsp3) is 0.238. The molecule has 0 radical (unpaired) electrons. The lowest BCUT2D eigenvalue weighted by molar-refractivity contribution is -0.138. The average Bonchev–Trinajstić information content (AvgIpc) is 3.20. The Kier molecular flexibility index (Phi) is 5.82. The van der Waals surface area contributed by atoms with Crippen molar-refractivity contribution < 1.29 is 18.0 Å². The minimum atomic E-state index is -4.49. The Bertz CT molecular complexity index is 936. The second-order valence-electron chi connectivity index (χ2n) is 6.45. The number of hydrogen-bond acceptors (Lipinski definition) is 3. The number of anilines is 1. The van der Waals surface area contributed by atoms with Crippen LogP contribution in [0.3, 0.4) is 0 Å². The minimum absolute atomic E-state index is 0.00158. The summed E-state index contributed by atoms with van der Waals surface area (Å²) in [5, 5.41) is 9.65. The number of H-pyrrole nitrogens is 1.